The predicted octanol–water partition coefficient (Wildman–Crippen LogP) is 3.48. The van der Waals surface area contributed by atoms with Gasteiger partial charge in [-0.2, -0.15) is 0 Å². The Kier molecular flexibility index (Phi) is 4.70. The number of nitrogens with zero attached hydrogens (tertiary/aromatic N) is 1. The molecule has 108 valence electrons. The number of hydrogen-bond donors (Lipinski definition) is 1. The normalized spacial score (nSPS) is 25.7. The van der Waals surface area contributed by atoms with Crippen molar-refractivity contribution in [2.45, 2.75) is 52.1 Å². The van der Waals surface area contributed by atoms with E-state index < -0.39 is 0 Å². The summed E-state index contributed by atoms with van der Waals surface area (Å²) in [5, 5.41) is 3.76. The van der Waals surface area contributed by atoms with Crippen LogP contribution < -0.4 is 5.32 Å². The SMILES string of the molecule is CC1CN(C)CCC1NCc1ccc(C(C)(C)C)s1. The molecule has 2 unspecified atom stereocenters. The highest BCUT2D eigenvalue weighted by Gasteiger charge is 2.23. The van der Waals surface area contributed by atoms with E-state index in [1.165, 1.54) is 29.3 Å². The molecule has 2 nitrogen and oxygen atoms in total. The van der Waals surface area contributed by atoms with Crippen LogP contribution in [0.15, 0.2) is 12.1 Å². The molecule has 1 N–H and O–H groups in total. The lowest BCUT2D eigenvalue weighted by atomic mass is 9.94. The van der Waals surface area contributed by atoms with E-state index in [0.717, 1.165) is 12.5 Å². The van der Waals surface area contributed by atoms with Gasteiger partial charge in [-0.05, 0) is 43.5 Å². The maximum atomic E-state index is 3.76. The summed E-state index contributed by atoms with van der Waals surface area (Å²) < 4.78 is 0. The van der Waals surface area contributed by atoms with Crippen LogP contribution in [0.5, 0.6) is 0 Å². The van der Waals surface area contributed by atoms with Crippen LogP contribution >= 0.6 is 11.3 Å². The highest BCUT2D eigenvalue weighted by molar-refractivity contribution is 7.12. The van der Waals surface area contributed by atoms with Gasteiger partial charge < -0.3 is 10.2 Å². The second-order valence-corrected chi connectivity index (χ2v) is 8.20. The number of rotatable bonds is 3. The van der Waals surface area contributed by atoms with Crippen molar-refractivity contribution in [2.24, 2.45) is 5.92 Å². The first-order chi connectivity index (χ1) is 8.86. The maximum absolute atomic E-state index is 3.76. The molecule has 1 aromatic rings. The second kappa shape index (κ2) is 5.94. The topological polar surface area (TPSA) is 15.3 Å². The van der Waals surface area contributed by atoms with Crippen molar-refractivity contribution in [2.75, 3.05) is 20.1 Å². The van der Waals surface area contributed by atoms with Crippen LogP contribution in [0.1, 0.15) is 43.9 Å². The zero-order valence-electron chi connectivity index (χ0n) is 13.0. The Balaban J connectivity index is 1.87. The third-order valence-corrected chi connectivity index (χ3v) is 5.56. The van der Waals surface area contributed by atoms with Crippen LogP contribution in [-0.4, -0.2) is 31.1 Å². The van der Waals surface area contributed by atoms with Gasteiger partial charge in [0, 0.05) is 28.9 Å². The quantitative estimate of drug-likeness (QED) is 0.912. The lowest BCUT2D eigenvalue weighted by Crippen LogP contribution is -2.46. The molecule has 1 aliphatic heterocycles. The Morgan fingerprint density at radius 3 is 2.68 bits per heavy atom. The highest BCUT2D eigenvalue weighted by Crippen LogP contribution is 2.29. The lowest BCUT2D eigenvalue weighted by Gasteiger charge is -2.35. The highest BCUT2D eigenvalue weighted by atomic mass is 32.1. The van der Waals surface area contributed by atoms with E-state index in [1.807, 2.05) is 11.3 Å². The molecule has 2 rings (SSSR count). The zero-order chi connectivity index (χ0) is 14.0. The molecule has 1 saturated heterocycles. The fraction of sp³-hybridized carbons (Fsp3) is 0.750. The van der Waals surface area contributed by atoms with Gasteiger partial charge >= 0.3 is 0 Å². The van der Waals surface area contributed by atoms with E-state index in [-0.39, 0.29) is 5.41 Å². The van der Waals surface area contributed by atoms with Gasteiger partial charge in [-0.25, -0.2) is 0 Å². The minimum absolute atomic E-state index is 0.282. The van der Waals surface area contributed by atoms with Gasteiger partial charge in [-0.15, -0.1) is 11.3 Å². The Bertz CT molecular complexity index is 405. The van der Waals surface area contributed by atoms with Crippen LogP contribution in [-0.2, 0) is 12.0 Å². The standard InChI is InChI=1S/C16H28N2S/c1-12-11-18(5)9-8-14(12)17-10-13-6-7-15(19-13)16(2,3)4/h6-7,12,14,17H,8-11H2,1-5H3. The smallest absolute Gasteiger partial charge is 0.0302 e. The molecular weight excluding hydrogens is 252 g/mol. The number of piperidine rings is 1. The van der Waals surface area contributed by atoms with Crippen molar-refractivity contribution in [1.29, 1.82) is 0 Å². The summed E-state index contributed by atoms with van der Waals surface area (Å²) in [6.45, 7) is 12.7. The van der Waals surface area contributed by atoms with E-state index >= 15 is 0 Å². The molecule has 0 amide bonds. The predicted molar refractivity (Wildman–Crippen MR) is 84.9 cm³/mol. The molecule has 0 bridgehead atoms. The van der Waals surface area contributed by atoms with Crippen molar-refractivity contribution in [3.63, 3.8) is 0 Å². The van der Waals surface area contributed by atoms with Crippen LogP contribution in [0, 0.1) is 5.92 Å². The first kappa shape index (κ1) is 15.0. The largest absolute Gasteiger partial charge is 0.309 e. The Morgan fingerprint density at radius 2 is 2.11 bits per heavy atom. The summed E-state index contributed by atoms with van der Waals surface area (Å²) >= 11 is 1.96. The zero-order valence-corrected chi connectivity index (χ0v) is 13.8. The molecule has 1 aliphatic rings. The first-order valence-electron chi connectivity index (χ1n) is 7.37. The molecule has 0 aliphatic carbocycles. The van der Waals surface area contributed by atoms with Gasteiger partial charge in [0.1, 0.15) is 0 Å². The van der Waals surface area contributed by atoms with E-state index in [4.69, 9.17) is 0 Å². The first-order valence-corrected chi connectivity index (χ1v) is 8.19. The van der Waals surface area contributed by atoms with Crippen LogP contribution in [0.2, 0.25) is 0 Å². The Labute approximate surface area is 122 Å². The number of nitrogens with one attached hydrogen (secondary N) is 1. The molecule has 3 heteroatoms. The minimum atomic E-state index is 0.282. The van der Waals surface area contributed by atoms with Crippen molar-refractivity contribution < 1.29 is 0 Å². The molecule has 2 heterocycles. The monoisotopic (exact) mass is 280 g/mol. The fourth-order valence-corrected chi connectivity index (χ4v) is 3.78. The van der Waals surface area contributed by atoms with Gasteiger partial charge in [0.2, 0.25) is 0 Å². The number of thiophene rings is 1. The summed E-state index contributed by atoms with van der Waals surface area (Å²) in [7, 11) is 2.22. The third-order valence-electron chi connectivity index (χ3n) is 4.05. The third kappa shape index (κ3) is 4.04. The van der Waals surface area contributed by atoms with Crippen LogP contribution in [0.3, 0.4) is 0 Å². The molecule has 1 fully saturated rings. The van der Waals surface area contributed by atoms with Crippen molar-refractivity contribution in [3.8, 4) is 0 Å². The van der Waals surface area contributed by atoms with E-state index in [0.29, 0.717) is 6.04 Å². The summed E-state index contributed by atoms with van der Waals surface area (Å²) in [4.78, 5) is 5.39. The molecule has 19 heavy (non-hydrogen) atoms. The van der Waals surface area contributed by atoms with Gasteiger partial charge in [-0.1, -0.05) is 27.7 Å². The summed E-state index contributed by atoms with van der Waals surface area (Å²) in [5.74, 6) is 0.751. The lowest BCUT2D eigenvalue weighted by molar-refractivity contribution is 0.174. The number of hydrogen-bond acceptors (Lipinski definition) is 3. The maximum Gasteiger partial charge on any atom is 0.0302 e. The molecule has 0 radical (unpaired) electrons. The van der Waals surface area contributed by atoms with Crippen LogP contribution in [0.25, 0.3) is 0 Å². The summed E-state index contributed by atoms with van der Waals surface area (Å²) in [6, 6.07) is 5.26. The van der Waals surface area contributed by atoms with Gasteiger partial charge in [0.05, 0.1) is 0 Å². The van der Waals surface area contributed by atoms with E-state index in [2.05, 4.69) is 57.1 Å². The average molecular weight is 280 g/mol. The van der Waals surface area contributed by atoms with Crippen molar-refractivity contribution in [1.82, 2.24) is 10.2 Å². The fourth-order valence-electron chi connectivity index (χ4n) is 2.77. The van der Waals surface area contributed by atoms with Gasteiger partial charge in [-0.3, -0.25) is 0 Å². The van der Waals surface area contributed by atoms with Gasteiger partial charge in [0.25, 0.3) is 0 Å². The molecular formula is C16H28N2S. The minimum Gasteiger partial charge on any atom is -0.309 e. The molecule has 2 atom stereocenters. The van der Waals surface area contributed by atoms with Crippen molar-refractivity contribution in [3.05, 3.63) is 21.9 Å². The summed E-state index contributed by atoms with van der Waals surface area (Å²) in [5.41, 5.74) is 0.282. The second-order valence-electron chi connectivity index (χ2n) is 7.03. The molecule has 0 saturated carbocycles. The molecule has 1 aromatic heterocycles. The van der Waals surface area contributed by atoms with Gasteiger partial charge in [0.15, 0.2) is 0 Å². The molecule has 0 spiro atoms. The number of likely N-dealkylation sites (tertiary alicyclic amines) is 1. The molecule has 0 aromatic carbocycles. The van der Waals surface area contributed by atoms with Crippen molar-refractivity contribution >= 4 is 11.3 Å². The Hall–Kier alpha value is -0.380. The average Bonchev–Trinajstić information content (AvgIpc) is 2.76. The van der Waals surface area contributed by atoms with E-state index in [9.17, 15) is 0 Å². The Morgan fingerprint density at radius 1 is 1.37 bits per heavy atom. The van der Waals surface area contributed by atoms with Crippen LogP contribution in [0.4, 0.5) is 0 Å². The summed E-state index contributed by atoms with van der Waals surface area (Å²) in [6.07, 6.45) is 1.27. The van der Waals surface area contributed by atoms with E-state index in [1.54, 1.807) is 0 Å².